The lowest BCUT2D eigenvalue weighted by Crippen LogP contribution is -2.25. The van der Waals surface area contributed by atoms with Crippen LogP contribution in [-0.4, -0.2) is 36.4 Å². The highest BCUT2D eigenvalue weighted by Crippen LogP contribution is 2.11. The van der Waals surface area contributed by atoms with Gasteiger partial charge in [0, 0.05) is 12.6 Å². The molecule has 0 saturated carbocycles. The summed E-state index contributed by atoms with van der Waals surface area (Å²) >= 11 is 0. The predicted octanol–water partition coefficient (Wildman–Crippen LogP) is 0.0803. The van der Waals surface area contributed by atoms with Crippen LogP contribution in [0.1, 0.15) is 19.3 Å². The summed E-state index contributed by atoms with van der Waals surface area (Å²) in [6.07, 6.45) is 3.00. The largest absolute Gasteiger partial charge is 0.490 e. The average molecular weight is 265 g/mol. The molecule has 0 aromatic carbocycles. The van der Waals surface area contributed by atoms with E-state index in [2.05, 4.69) is 11.9 Å². The number of carbonyl (C=O) groups is 4. The monoisotopic (exact) mass is 265 g/mol. The van der Waals surface area contributed by atoms with Crippen LogP contribution in [0.15, 0.2) is 24.5 Å². The third-order valence-corrected chi connectivity index (χ3v) is 2.45. The number of ketones is 3. The Morgan fingerprint density at radius 2 is 2.05 bits per heavy atom. The van der Waals surface area contributed by atoms with Crippen LogP contribution in [-0.2, 0) is 23.9 Å². The summed E-state index contributed by atoms with van der Waals surface area (Å²) in [5.41, 5.74) is 0. The van der Waals surface area contributed by atoms with E-state index < -0.39 is 23.8 Å². The van der Waals surface area contributed by atoms with E-state index in [1.807, 2.05) is 0 Å². The second-order valence-corrected chi connectivity index (χ2v) is 3.95. The molecule has 102 valence electrons. The molecule has 0 aromatic rings. The van der Waals surface area contributed by atoms with Gasteiger partial charge in [-0.15, -0.1) is 0 Å². The third kappa shape index (κ3) is 4.87. The standard InChI is InChI=1S/C13H15NO5/c1-2-13(18)14-5-3-4-6-19-12-8-10(16)9(15)7-11(12)17/h2,8H,1,3-7H2,(H,14,18). The maximum absolute atomic E-state index is 11.4. The molecular formula is C13H15NO5. The smallest absolute Gasteiger partial charge is 0.243 e. The summed E-state index contributed by atoms with van der Waals surface area (Å²) in [5.74, 6) is -2.17. The van der Waals surface area contributed by atoms with E-state index in [1.165, 1.54) is 6.08 Å². The van der Waals surface area contributed by atoms with Crippen molar-refractivity contribution in [1.82, 2.24) is 5.32 Å². The number of hydrogen-bond acceptors (Lipinski definition) is 5. The van der Waals surface area contributed by atoms with E-state index in [1.54, 1.807) is 0 Å². The molecular weight excluding hydrogens is 250 g/mol. The summed E-state index contributed by atoms with van der Waals surface area (Å²) < 4.78 is 5.15. The molecule has 1 amide bonds. The number of ether oxygens (including phenoxy) is 1. The van der Waals surface area contributed by atoms with Gasteiger partial charge in [-0.25, -0.2) is 0 Å². The van der Waals surface area contributed by atoms with Crippen LogP contribution in [0.25, 0.3) is 0 Å². The average Bonchev–Trinajstić information content (AvgIpc) is 2.38. The molecule has 0 spiro atoms. The zero-order chi connectivity index (χ0) is 14.3. The Bertz CT molecular complexity index is 450. The normalized spacial score (nSPS) is 14.9. The molecule has 6 nitrogen and oxygen atoms in total. The van der Waals surface area contributed by atoms with Crippen LogP contribution in [0.3, 0.4) is 0 Å². The number of hydrogen-bond donors (Lipinski definition) is 1. The van der Waals surface area contributed by atoms with Crippen molar-refractivity contribution in [2.75, 3.05) is 13.2 Å². The highest BCUT2D eigenvalue weighted by Gasteiger charge is 2.26. The molecule has 0 heterocycles. The maximum atomic E-state index is 11.4. The van der Waals surface area contributed by atoms with Gasteiger partial charge in [0.25, 0.3) is 0 Å². The van der Waals surface area contributed by atoms with Gasteiger partial charge in [-0.05, 0) is 18.9 Å². The van der Waals surface area contributed by atoms with Gasteiger partial charge >= 0.3 is 0 Å². The molecule has 0 unspecified atom stereocenters. The van der Waals surface area contributed by atoms with Crippen molar-refractivity contribution in [1.29, 1.82) is 0 Å². The van der Waals surface area contributed by atoms with Crippen LogP contribution >= 0.6 is 0 Å². The van der Waals surface area contributed by atoms with Gasteiger partial charge in [-0.3, -0.25) is 19.2 Å². The zero-order valence-corrected chi connectivity index (χ0v) is 10.4. The van der Waals surface area contributed by atoms with Crippen molar-refractivity contribution in [3.05, 3.63) is 24.5 Å². The molecule has 0 radical (unpaired) electrons. The maximum Gasteiger partial charge on any atom is 0.243 e. The van der Waals surface area contributed by atoms with Gasteiger partial charge in [0.1, 0.15) is 0 Å². The Labute approximate surface area is 110 Å². The molecule has 1 aliphatic rings. The lowest BCUT2D eigenvalue weighted by molar-refractivity contribution is -0.138. The van der Waals surface area contributed by atoms with Gasteiger partial charge in [-0.2, -0.15) is 0 Å². The molecule has 0 fully saturated rings. The second kappa shape index (κ2) is 7.25. The van der Waals surface area contributed by atoms with Crippen molar-refractivity contribution in [3.63, 3.8) is 0 Å². The second-order valence-electron chi connectivity index (χ2n) is 3.95. The van der Waals surface area contributed by atoms with Gasteiger partial charge < -0.3 is 10.1 Å². The Morgan fingerprint density at radius 1 is 1.32 bits per heavy atom. The topological polar surface area (TPSA) is 89.5 Å². The van der Waals surface area contributed by atoms with Gasteiger partial charge in [-0.1, -0.05) is 6.58 Å². The van der Waals surface area contributed by atoms with Crippen LogP contribution < -0.4 is 5.32 Å². The lowest BCUT2D eigenvalue weighted by Gasteiger charge is -2.12. The number of amides is 1. The third-order valence-electron chi connectivity index (χ3n) is 2.45. The Kier molecular flexibility index (Phi) is 5.66. The van der Waals surface area contributed by atoms with Crippen molar-refractivity contribution in [3.8, 4) is 0 Å². The minimum Gasteiger partial charge on any atom is -0.490 e. The minimum atomic E-state index is -0.704. The van der Waals surface area contributed by atoms with Crippen molar-refractivity contribution in [2.24, 2.45) is 0 Å². The molecule has 1 rings (SSSR count). The first-order valence-electron chi connectivity index (χ1n) is 5.89. The van der Waals surface area contributed by atoms with E-state index in [0.29, 0.717) is 19.4 Å². The first-order chi connectivity index (χ1) is 9.04. The highest BCUT2D eigenvalue weighted by molar-refractivity contribution is 6.47. The summed E-state index contributed by atoms with van der Waals surface area (Å²) in [7, 11) is 0. The molecule has 0 aliphatic heterocycles. The molecule has 0 saturated heterocycles. The lowest BCUT2D eigenvalue weighted by atomic mass is 10.0. The molecule has 6 heteroatoms. The summed E-state index contributed by atoms with van der Waals surface area (Å²) in [6, 6.07) is 0. The quantitative estimate of drug-likeness (QED) is 0.305. The predicted molar refractivity (Wildman–Crippen MR) is 66.1 cm³/mol. The fraction of sp³-hybridized carbons (Fsp3) is 0.385. The number of carbonyl (C=O) groups excluding carboxylic acids is 4. The molecule has 1 aliphatic carbocycles. The Hall–Kier alpha value is -2.24. The number of rotatable bonds is 7. The van der Waals surface area contributed by atoms with E-state index >= 15 is 0 Å². The van der Waals surface area contributed by atoms with Crippen LogP contribution in [0, 0.1) is 0 Å². The van der Waals surface area contributed by atoms with E-state index in [9.17, 15) is 19.2 Å². The van der Waals surface area contributed by atoms with Gasteiger partial charge in [0.2, 0.25) is 23.3 Å². The van der Waals surface area contributed by atoms with Gasteiger partial charge in [0.15, 0.2) is 5.76 Å². The number of Topliss-reactive ketones (excluding diaryl/α,β-unsaturated/α-hetero) is 2. The Morgan fingerprint density at radius 3 is 2.74 bits per heavy atom. The van der Waals surface area contributed by atoms with Crippen molar-refractivity contribution < 1.29 is 23.9 Å². The number of allylic oxidation sites excluding steroid dienone is 2. The SMILES string of the molecule is C=CC(=O)NCCCCOC1=CC(=O)C(=O)CC1=O. The fourth-order valence-electron chi connectivity index (χ4n) is 1.42. The number of unbranched alkanes of at least 4 members (excludes halogenated alkanes) is 1. The van der Waals surface area contributed by atoms with E-state index in [4.69, 9.17) is 4.74 Å². The molecule has 1 N–H and O–H groups in total. The molecule has 19 heavy (non-hydrogen) atoms. The van der Waals surface area contributed by atoms with E-state index in [-0.39, 0.29) is 18.3 Å². The first-order valence-corrected chi connectivity index (χ1v) is 5.89. The molecule has 0 bridgehead atoms. The van der Waals surface area contributed by atoms with Crippen molar-refractivity contribution in [2.45, 2.75) is 19.3 Å². The van der Waals surface area contributed by atoms with Crippen LogP contribution in [0.4, 0.5) is 0 Å². The number of nitrogens with one attached hydrogen (secondary N) is 1. The van der Waals surface area contributed by atoms with Crippen molar-refractivity contribution >= 4 is 23.3 Å². The first kappa shape index (κ1) is 14.8. The van der Waals surface area contributed by atoms with E-state index in [0.717, 1.165) is 6.08 Å². The summed E-state index contributed by atoms with van der Waals surface area (Å²) in [4.78, 5) is 44.2. The van der Waals surface area contributed by atoms with Crippen LogP contribution in [0.2, 0.25) is 0 Å². The summed E-state index contributed by atoms with van der Waals surface area (Å²) in [5, 5.41) is 2.60. The minimum absolute atomic E-state index is 0.0558. The molecule has 0 atom stereocenters. The molecule has 0 aromatic heterocycles. The van der Waals surface area contributed by atoms with Crippen LogP contribution in [0.5, 0.6) is 0 Å². The highest BCUT2D eigenvalue weighted by atomic mass is 16.5. The summed E-state index contributed by atoms with van der Waals surface area (Å²) in [6.45, 7) is 4.05. The van der Waals surface area contributed by atoms with Gasteiger partial charge in [0.05, 0.1) is 13.0 Å². The fourth-order valence-corrected chi connectivity index (χ4v) is 1.42. The zero-order valence-electron chi connectivity index (χ0n) is 10.4. The Balaban J connectivity index is 2.22.